The molecule has 1 rings (SSSR count). The van der Waals surface area contributed by atoms with E-state index in [1.165, 1.54) is 13.0 Å². The molecule has 0 radical (unpaired) electrons. The Morgan fingerprint density at radius 2 is 1.70 bits per heavy atom. The third-order valence-corrected chi connectivity index (χ3v) is 5.91. The number of hydrogen-bond acceptors (Lipinski definition) is 5. The number of hydrogen-bond donors (Lipinski definition) is 2. The molecule has 1 aromatic rings. The molecule has 8 heteroatoms. The van der Waals surface area contributed by atoms with Crippen molar-refractivity contribution in [1.29, 1.82) is 0 Å². The molecule has 0 fully saturated rings. The number of benzene rings is 1. The molecule has 2 N–H and O–H groups in total. The average molecular weight is 320 g/mol. The average Bonchev–Trinajstić information content (AvgIpc) is 2.39. The van der Waals surface area contributed by atoms with Crippen LogP contribution in [-0.2, 0) is 19.9 Å². The highest BCUT2D eigenvalue weighted by Gasteiger charge is 2.18. The first kappa shape index (κ1) is 16.9. The van der Waals surface area contributed by atoms with E-state index in [1.54, 1.807) is 18.2 Å². The molecule has 0 aliphatic heterocycles. The standard InChI is InChI=1S/C12H20N2O4S2/c1-3-13-11-7-5-6-8-12(11)20(17,18)14-9-10-19(15,16)4-2/h5-8,13-14H,3-4,9-10H2,1-2H3. The van der Waals surface area contributed by atoms with Crippen LogP contribution in [0.1, 0.15) is 13.8 Å². The fourth-order valence-corrected chi connectivity index (χ4v) is 3.64. The summed E-state index contributed by atoms with van der Waals surface area (Å²) < 4.78 is 49.3. The highest BCUT2D eigenvalue weighted by Crippen LogP contribution is 2.20. The minimum absolute atomic E-state index is 0.00268. The predicted octanol–water partition coefficient (Wildman–Crippen LogP) is 0.831. The Balaban J connectivity index is 2.84. The van der Waals surface area contributed by atoms with E-state index in [0.29, 0.717) is 12.2 Å². The second-order valence-corrected chi connectivity index (χ2v) is 8.37. The molecule has 1 aromatic carbocycles. The van der Waals surface area contributed by atoms with E-state index < -0.39 is 19.9 Å². The third-order valence-electron chi connectivity index (χ3n) is 2.69. The molecule has 0 saturated heterocycles. The molecule has 6 nitrogen and oxygen atoms in total. The minimum Gasteiger partial charge on any atom is -0.384 e. The summed E-state index contributed by atoms with van der Waals surface area (Å²) in [5.41, 5.74) is 0.501. The lowest BCUT2D eigenvalue weighted by molar-refractivity contribution is 0.581. The Morgan fingerprint density at radius 1 is 1.05 bits per heavy atom. The smallest absolute Gasteiger partial charge is 0.242 e. The van der Waals surface area contributed by atoms with Crippen LogP contribution in [0.15, 0.2) is 29.2 Å². The highest BCUT2D eigenvalue weighted by molar-refractivity contribution is 7.91. The number of nitrogens with one attached hydrogen (secondary N) is 2. The van der Waals surface area contributed by atoms with E-state index in [1.807, 2.05) is 6.92 Å². The topological polar surface area (TPSA) is 92.3 Å². The van der Waals surface area contributed by atoms with Gasteiger partial charge in [-0.25, -0.2) is 21.6 Å². The second kappa shape index (κ2) is 7.05. The van der Waals surface area contributed by atoms with Crippen LogP contribution in [0.4, 0.5) is 5.69 Å². The molecular weight excluding hydrogens is 300 g/mol. The van der Waals surface area contributed by atoms with Crippen LogP contribution >= 0.6 is 0 Å². The second-order valence-electron chi connectivity index (χ2n) is 4.16. The van der Waals surface area contributed by atoms with Crippen molar-refractivity contribution >= 4 is 25.5 Å². The molecule has 0 unspecified atom stereocenters. The van der Waals surface area contributed by atoms with Crippen LogP contribution in [0.3, 0.4) is 0 Å². The van der Waals surface area contributed by atoms with Gasteiger partial charge in [0.1, 0.15) is 4.90 Å². The first-order chi connectivity index (χ1) is 9.32. The highest BCUT2D eigenvalue weighted by atomic mass is 32.2. The molecule has 0 aliphatic rings. The lowest BCUT2D eigenvalue weighted by Crippen LogP contribution is -2.30. The van der Waals surface area contributed by atoms with E-state index in [-0.39, 0.29) is 22.9 Å². The van der Waals surface area contributed by atoms with Crippen molar-refractivity contribution in [3.8, 4) is 0 Å². The maximum atomic E-state index is 12.2. The van der Waals surface area contributed by atoms with Gasteiger partial charge in [-0.15, -0.1) is 0 Å². The van der Waals surface area contributed by atoms with Crippen molar-refractivity contribution in [2.24, 2.45) is 0 Å². The number of anilines is 1. The van der Waals surface area contributed by atoms with Crippen molar-refractivity contribution in [2.45, 2.75) is 18.7 Å². The first-order valence-electron chi connectivity index (χ1n) is 6.35. The number of sulfonamides is 1. The van der Waals surface area contributed by atoms with Gasteiger partial charge in [-0.3, -0.25) is 0 Å². The number of sulfone groups is 1. The summed E-state index contributed by atoms with van der Waals surface area (Å²) in [6, 6.07) is 6.51. The van der Waals surface area contributed by atoms with Gasteiger partial charge in [0.25, 0.3) is 0 Å². The van der Waals surface area contributed by atoms with Crippen LogP contribution in [0.25, 0.3) is 0 Å². The van der Waals surface area contributed by atoms with E-state index >= 15 is 0 Å². The molecule has 0 bridgehead atoms. The van der Waals surface area contributed by atoms with Crippen molar-refractivity contribution in [3.05, 3.63) is 24.3 Å². The molecule has 114 valence electrons. The Kier molecular flexibility index (Phi) is 5.97. The molecule has 20 heavy (non-hydrogen) atoms. The Morgan fingerprint density at radius 3 is 2.30 bits per heavy atom. The van der Waals surface area contributed by atoms with Crippen molar-refractivity contribution in [1.82, 2.24) is 4.72 Å². The van der Waals surface area contributed by atoms with Gasteiger partial charge in [0, 0.05) is 18.8 Å². The quantitative estimate of drug-likeness (QED) is 0.740. The lowest BCUT2D eigenvalue weighted by Gasteiger charge is -2.12. The van der Waals surface area contributed by atoms with Gasteiger partial charge in [-0.2, -0.15) is 0 Å². The summed E-state index contributed by atoms with van der Waals surface area (Å²) in [6.07, 6.45) is 0. The van der Waals surface area contributed by atoms with Gasteiger partial charge in [0.05, 0.1) is 11.4 Å². The zero-order chi connectivity index (χ0) is 15.2. The van der Waals surface area contributed by atoms with Crippen LogP contribution in [-0.4, -0.2) is 41.4 Å². The van der Waals surface area contributed by atoms with Crippen molar-refractivity contribution in [3.63, 3.8) is 0 Å². The van der Waals surface area contributed by atoms with Crippen LogP contribution in [0.2, 0.25) is 0 Å². The van der Waals surface area contributed by atoms with Crippen LogP contribution in [0, 0.1) is 0 Å². The van der Waals surface area contributed by atoms with Gasteiger partial charge in [0.2, 0.25) is 10.0 Å². The summed E-state index contributed by atoms with van der Waals surface area (Å²) in [5.74, 6) is -0.200. The number of rotatable bonds is 8. The Hall–Kier alpha value is -1.12. The van der Waals surface area contributed by atoms with Gasteiger partial charge >= 0.3 is 0 Å². The minimum atomic E-state index is -3.72. The van der Waals surface area contributed by atoms with Gasteiger partial charge in [-0.05, 0) is 19.1 Å². The van der Waals surface area contributed by atoms with E-state index in [4.69, 9.17) is 0 Å². The molecule has 0 spiro atoms. The normalized spacial score (nSPS) is 12.3. The zero-order valence-electron chi connectivity index (χ0n) is 11.6. The third kappa shape index (κ3) is 4.77. The summed E-state index contributed by atoms with van der Waals surface area (Å²) in [7, 11) is -6.91. The molecule has 0 atom stereocenters. The first-order valence-corrected chi connectivity index (χ1v) is 9.66. The summed E-state index contributed by atoms with van der Waals surface area (Å²) >= 11 is 0. The Bertz CT molecular complexity index is 639. The molecule has 0 saturated carbocycles. The fourth-order valence-electron chi connectivity index (χ4n) is 1.59. The SMILES string of the molecule is CCNc1ccccc1S(=O)(=O)NCCS(=O)(=O)CC. The molecule has 0 heterocycles. The largest absolute Gasteiger partial charge is 0.384 e. The van der Waals surface area contributed by atoms with Crippen molar-refractivity contribution in [2.75, 3.05) is 29.9 Å². The number of para-hydroxylation sites is 1. The Labute approximate surface area is 120 Å². The predicted molar refractivity (Wildman–Crippen MR) is 80.1 cm³/mol. The molecule has 0 aromatic heterocycles. The van der Waals surface area contributed by atoms with E-state index in [2.05, 4.69) is 10.0 Å². The van der Waals surface area contributed by atoms with Crippen molar-refractivity contribution < 1.29 is 16.8 Å². The van der Waals surface area contributed by atoms with Crippen LogP contribution in [0.5, 0.6) is 0 Å². The molecule has 0 amide bonds. The fraction of sp³-hybridized carbons (Fsp3) is 0.500. The lowest BCUT2D eigenvalue weighted by atomic mass is 10.3. The van der Waals surface area contributed by atoms with Crippen LogP contribution < -0.4 is 10.0 Å². The van der Waals surface area contributed by atoms with Gasteiger partial charge in [-0.1, -0.05) is 19.1 Å². The zero-order valence-corrected chi connectivity index (χ0v) is 13.2. The molecule has 0 aliphatic carbocycles. The maximum absolute atomic E-state index is 12.2. The van der Waals surface area contributed by atoms with Gasteiger partial charge < -0.3 is 5.32 Å². The summed E-state index contributed by atoms with van der Waals surface area (Å²) in [6.45, 7) is 3.87. The summed E-state index contributed by atoms with van der Waals surface area (Å²) in [4.78, 5) is 0.121. The van der Waals surface area contributed by atoms with Gasteiger partial charge in [0.15, 0.2) is 9.84 Å². The molecular formula is C12H20N2O4S2. The maximum Gasteiger partial charge on any atom is 0.242 e. The summed E-state index contributed by atoms with van der Waals surface area (Å²) in [5, 5.41) is 2.96. The van der Waals surface area contributed by atoms with E-state index in [9.17, 15) is 16.8 Å². The monoisotopic (exact) mass is 320 g/mol. The van der Waals surface area contributed by atoms with E-state index in [0.717, 1.165) is 0 Å².